The molecule has 1 radical (unpaired) electrons. The van der Waals surface area contributed by atoms with Crippen LogP contribution in [0.4, 0.5) is 5.69 Å². The molecule has 0 saturated carbocycles. The van der Waals surface area contributed by atoms with Gasteiger partial charge in [0.15, 0.2) is 5.78 Å². The van der Waals surface area contributed by atoms with E-state index < -0.39 is 21.7 Å². The van der Waals surface area contributed by atoms with Crippen LogP contribution in [0.15, 0.2) is 71.6 Å². The van der Waals surface area contributed by atoms with Crippen molar-refractivity contribution < 1.29 is 18.0 Å². The molecule has 147 valence electrons. The summed E-state index contributed by atoms with van der Waals surface area (Å²) in [5.41, 5.74) is 7.48. The molecule has 0 atom stereocenters. The lowest BCUT2D eigenvalue weighted by molar-refractivity contribution is 0.0990. The fourth-order valence-electron chi connectivity index (χ4n) is 2.58. The number of anilines is 1. The van der Waals surface area contributed by atoms with Crippen LogP contribution in [0.2, 0.25) is 10.0 Å². The molecule has 0 bridgehead atoms. The SMILES string of the molecule is [NH]C(=O)c1ccc(S(=O)(=O)Nc2ccccc2C(=O)c2ccc(Cl)cc2Cl)cc1. The Hall–Kier alpha value is -2.87. The Morgan fingerprint density at radius 2 is 1.52 bits per heavy atom. The number of amides is 1. The number of rotatable bonds is 6. The number of hydrogen-bond acceptors (Lipinski definition) is 4. The van der Waals surface area contributed by atoms with Crippen molar-refractivity contribution in [2.45, 2.75) is 4.90 Å². The third-order valence-electron chi connectivity index (χ3n) is 4.02. The van der Waals surface area contributed by atoms with E-state index >= 15 is 0 Å². The maximum absolute atomic E-state index is 12.9. The van der Waals surface area contributed by atoms with Crippen LogP contribution >= 0.6 is 23.2 Å². The van der Waals surface area contributed by atoms with Gasteiger partial charge < -0.3 is 0 Å². The van der Waals surface area contributed by atoms with Crippen LogP contribution in [0.25, 0.3) is 0 Å². The predicted molar refractivity (Wildman–Crippen MR) is 111 cm³/mol. The number of hydrogen-bond donors (Lipinski definition) is 1. The Balaban J connectivity index is 1.96. The first-order valence-corrected chi connectivity index (χ1v) is 10.4. The summed E-state index contributed by atoms with van der Waals surface area (Å²) in [6.07, 6.45) is 0. The van der Waals surface area contributed by atoms with Crippen LogP contribution in [0, 0.1) is 0 Å². The van der Waals surface area contributed by atoms with E-state index in [1.54, 1.807) is 12.1 Å². The molecule has 0 heterocycles. The largest absolute Gasteiger partial charge is 0.288 e. The zero-order chi connectivity index (χ0) is 21.2. The fraction of sp³-hybridized carbons (Fsp3) is 0. The molecule has 0 aliphatic heterocycles. The molecule has 9 heteroatoms. The van der Waals surface area contributed by atoms with Gasteiger partial charge in [-0.25, -0.2) is 8.42 Å². The second-order valence-electron chi connectivity index (χ2n) is 5.96. The summed E-state index contributed by atoms with van der Waals surface area (Å²) in [5, 5.41) is 0.519. The molecule has 0 aliphatic rings. The van der Waals surface area contributed by atoms with Gasteiger partial charge in [-0.05, 0) is 54.6 Å². The van der Waals surface area contributed by atoms with E-state index in [4.69, 9.17) is 28.9 Å². The van der Waals surface area contributed by atoms with Gasteiger partial charge >= 0.3 is 0 Å². The van der Waals surface area contributed by atoms with Gasteiger partial charge in [0.2, 0.25) is 0 Å². The highest BCUT2D eigenvalue weighted by molar-refractivity contribution is 7.92. The molecule has 3 aromatic rings. The molecule has 0 aliphatic carbocycles. The summed E-state index contributed by atoms with van der Waals surface area (Å²) >= 11 is 12.0. The van der Waals surface area contributed by atoms with E-state index in [0.29, 0.717) is 5.02 Å². The van der Waals surface area contributed by atoms with Gasteiger partial charge in [0.05, 0.1) is 15.6 Å². The van der Waals surface area contributed by atoms with Crippen molar-refractivity contribution in [3.63, 3.8) is 0 Å². The average molecular weight is 448 g/mol. The molecular formula is C20H13Cl2N2O4S. The normalized spacial score (nSPS) is 11.1. The molecule has 0 saturated heterocycles. The van der Waals surface area contributed by atoms with Gasteiger partial charge in [0, 0.05) is 21.7 Å². The van der Waals surface area contributed by atoms with Crippen LogP contribution in [0.5, 0.6) is 0 Å². The molecule has 6 nitrogen and oxygen atoms in total. The standard InChI is InChI=1S/C20H13Cl2N2O4S/c21-13-7-10-15(17(22)11-13)19(25)16-3-1-2-4-18(16)24-29(27,28)14-8-5-12(6-9-14)20(23)26/h1-11,23-24H. The number of halogens is 2. The van der Waals surface area contributed by atoms with Crippen LogP contribution < -0.4 is 10.5 Å². The zero-order valence-corrected chi connectivity index (χ0v) is 17.0. The van der Waals surface area contributed by atoms with Crippen LogP contribution in [-0.2, 0) is 10.0 Å². The third kappa shape index (κ3) is 4.59. The van der Waals surface area contributed by atoms with Gasteiger partial charge in [-0.2, -0.15) is 0 Å². The van der Waals surface area contributed by atoms with Crippen LogP contribution in [0.3, 0.4) is 0 Å². The van der Waals surface area contributed by atoms with Gasteiger partial charge in [0.1, 0.15) is 0 Å². The fourth-order valence-corrected chi connectivity index (χ4v) is 4.15. The van der Waals surface area contributed by atoms with Crippen molar-refractivity contribution in [1.29, 1.82) is 0 Å². The first-order chi connectivity index (χ1) is 13.7. The predicted octanol–water partition coefficient (Wildman–Crippen LogP) is 4.45. The lowest BCUT2D eigenvalue weighted by atomic mass is 10.0. The van der Waals surface area contributed by atoms with E-state index in [1.165, 1.54) is 54.6 Å². The van der Waals surface area contributed by atoms with E-state index in [2.05, 4.69) is 4.72 Å². The minimum atomic E-state index is -4.04. The number of carbonyl (C=O) groups is 2. The van der Waals surface area contributed by atoms with Crippen molar-refractivity contribution in [2.75, 3.05) is 4.72 Å². The summed E-state index contributed by atoms with van der Waals surface area (Å²) < 4.78 is 27.8. The van der Waals surface area contributed by atoms with Crippen LogP contribution in [0.1, 0.15) is 26.3 Å². The lowest BCUT2D eigenvalue weighted by Crippen LogP contribution is -2.16. The summed E-state index contributed by atoms with van der Waals surface area (Å²) in [7, 11) is -4.04. The van der Waals surface area contributed by atoms with E-state index in [9.17, 15) is 18.0 Å². The van der Waals surface area contributed by atoms with Gasteiger partial charge in [-0.15, -0.1) is 0 Å². The molecule has 1 amide bonds. The minimum absolute atomic E-state index is 0.0666. The maximum atomic E-state index is 12.9. The van der Waals surface area contributed by atoms with Crippen molar-refractivity contribution in [3.05, 3.63) is 93.5 Å². The molecule has 0 unspecified atom stereocenters. The van der Waals surface area contributed by atoms with Crippen molar-refractivity contribution >= 4 is 50.6 Å². The van der Waals surface area contributed by atoms with Crippen molar-refractivity contribution in [3.8, 4) is 0 Å². The summed E-state index contributed by atoms with van der Waals surface area (Å²) in [4.78, 5) is 23.8. The summed E-state index contributed by atoms with van der Waals surface area (Å²) in [5.74, 6) is -1.39. The minimum Gasteiger partial charge on any atom is -0.288 e. The Morgan fingerprint density at radius 1 is 0.862 bits per heavy atom. The quantitative estimate of drug-likeness (QED) is 0.563. The zero-order valence-electron chi connectivity index (χ0n) is 14.6. The number of para-hydroxylation sites is 1. The number of benzene rings is 3. The first kappa shape index (κ1) is 20.9. The van der Waals surface area contributed by atoms with Crippen molar-refractivity contribution in [1.82, 2.24) is 5.73 Å². The third-order valence-corrected chi connectivity index (χ3v) is 5.95. The number of carbonyl (C=O) groups excluding carboxylic acids is 2. The second-order valence-corrected chi connectivity index (χ2v) is 8.48. The molecule has 0 fully saturated rings. The highest BCUT2D eigenvalue weighted by Gasteiger charge is 2.21. The highest BCUT2D eigenvalue weighted by atomic mass is 35.5. The lowest BCUT2D eigenvalue weighted by Gasteiger charge is -2.13. The Labute approximate surface area is 177 Å². The van der Waals surface area contributed by atoms with Crippen LogP contribution in [-0.4, -0.2) is 20.1 Å². The molecular weight excluding hydrogens is 435 g/mol. The van der Waals surface area contributed by atoms with Gasteiger partial charge in [-0.3, -0.25) is 20.0 Å². The van der Waals surface area contributed by atoms with E-state index in [1.807, 2.05) is 0 Å². The smallest absolute Gasteiger partial charge is 0.269 e. The Kier molecular flexibility index (Phi) is 5.93. The second kappa shape index (κ2) is 8.24. The van der Waals surface area contributed by atoms with Crippen molar-refractivity contribution in [2.24, 2.45) is 0 Å². The first-order valence-electron chi connectivity index (χ1n) is 8.16. The average Bonchev–Trinajstić information content (AvgIpc) is 2.68. The maximum Gasteiger partial charge on any atom is 0.269 e. The molecule has 3 aromatic carbocycles. The molecule has 0 spiro atoms. The highest BCUT2D eigenvalue weighted by Crippen LogP contribution is 2.27. The van der Waals surface area contributed by atoms with Gasteiger partial charge in [0.25, 0.3) is 15.9 Å². The van der Waals surface area contributed by atoms with Gasteiger partial charge in [-0.1, -0.05) is 35.3 Å². The Morgan fingerprint density at radius 3 is 2.14 bits per heavy atom. The Bertz CT molecular complexity index is 1210. The number of nitrogens with one attached hydrogen (secondary N) is 2. The number of ketones is 1. The molecule has 29 heavy (non-hydrogen) atoms. The number of sulfonamides is 1. The van der Waals surface area contributed by atoms with E-state index in [-0.39, 0.29) is 32.3 Å². The topological polar surface area (TPSA) is 104 Å². The summed E-state index contributed by atoms with van der Waals surface area (Å²) in [6.45, 7) is 0. The molecule has 0 aromatic heterocycles. The summed E-state index contributed by atoms with van der Waals surface area (Å²) in [6, 6.07) is 15.4. The van der Waals surface area contributed by atoms with E-state index in [0.717, 1.165) is 0 Å². The monoisotopic (exact) mass is 447 g/mol. The molecule has 3 rings (SSSR count). The molecule has 2 N–H and O–H groups in total.